The number of ether oxygens (including phenoxy) is 1. The molecule has 3 aromatic heterocycles. The first-order valence-electron chi connectivity index (χ1n) is 7.05. The van der Waals surface area contributed by atoms with Crippen molar-refractivity contribution in [3.05, 3.63) is 36.3 Å². The molecule has 1 amide bonds. The average molecular weight is 311 g/mol. The van der Waals surface area contributed by atoms with Gasteiger partial charge in [-0.15, -0.1) is 0 Å². The quantitative estimate of drug-likeness (QED) is 0.773. The fourth-order valence-corrected chi connectivity index (χ4v) is 2.45. The number of imidazole rings is 1. The molecule has 0 aliphatic heterocycles. The van der Waals surface area contributed by atoms with Gasteiger partial charge in [0.05, 0.1) is 13.3 Å². The van der Waals surface area contributed by atoms with Crippen LogP contribution in [0.15, 0.2) is 30.6 Å². The first kappa shape index (κ1) is 14.8. The number of nitrogens with two attached hydrogens (primary N) is 1. The molecule has 0 bridgehead atoms. The SMILES string of the molecule is COc1cc(-c2ccc3nc(NC(C)=O)cn3c2)c(C)nc1N. The van der Waals surface area contributed by atoms with Crippen molar-refractivity contribution in [2.24, 2.45) is 0 Å². The maximum atomic E-state index is 11.1. The Morgan fingerprint density at radius 3 is 2.78 bits per heavy atom. The van der Waals surface area contributed by atoms with Crippen molar-refractivity contribution in [3.63, 3.8) is 0 Å². The van der Waals surface area contributed by atoms with E-state index in [9.17, 15) is 4.79 Å². The van der Waals surface area contributed by atoms with Crippen molar-refractivity contribution in [2.75, 3.05) is 18.2 Å². The lowest BCUT2D eigenvalue weighted by Crippen LogP contribution is -2.05. The Morgan fingerprint density at radius 1 is 1.30 bits per heavy atom. The molecule has 3 rings (SSSR count). The van der Waals surface area contributed by atoms with Crippen molar-refractivity contribution >= 4 is 23.2 Å². The van der Waals surface area contributed by atoms with Crippen LogP contribution in [0.3, 0.4) is 0 Å². The number of anilines is 2. The molecule has 7 heteroatoms. The van der Waals surface area contributed by atoms with Gasteiger partial charge in [-0.25, -0.2) is 9.97 Å². The number of amides is 1. The summed E-state index contributed by atoms with van der Waals surface area (Å²) in [5, 5.41) is 2.67. The topological polar surface area (TPSA) is 94.5 Å². The fourth-order valence-electron chi connectivity index (χ4n) is 2.45. The van der Waals surface area contributed by atoms with Crippen molar-refractivity contribution in [3.8, 4) is 16.9 Å². The summed E-state index contributed by atoms with van der Waals surface area (Å²) in [6.45, 7) is 3.34. The lowest BCUT2D eigenvalue weighted by Gasteiger charge is -2.10. The van der Waals surface area contributed by atoms with Crippen LogP contribution in [0.25, 0.3) is 16.8 Å². The maximum absolute atomic E-state index is 11.1. The van der Waals surface area contributed by atoms with Gasteiger partial charge in [-0.1, -0.05) is 0 Å². The molecular weight excluding hydrogens is 294 g/mol. The second-order valence-corrected chi connectivity index (χ2v) is 5.20. The van der Waals surface area contributed by atoms with E-state index in [0.29, 0.717) is 17.4 Å². The summed E-state index contributed by atoms with van der Waals surface area (Å²) in [7, 11) is 1.56. The molecule has 7 nitrogen and oxygen atoms in total. The van der Waals surface area contributed by atoms with Crippen LogP contribution < -0.4 is 15.8 Å². The number of pyridine rings is 2. The predicted molar refractivity (Wildman–Crippen MR) is 88.4 cm³/mol. The third-order valence-corrected chi connectivity index (χ3v) is 3.49. The van der Waals surface area contributed by atoms with Crippen LogP contribution in [0.5, 0.6) is 5.75 Å². The largest absolute Gasteiger partial charge is 0.493 e. The molecule has 0 aliphatic rings. The first-order valence-corrected chi connectivity index (χ1v) is 7.05. The minimum absolute atomic E-state index is 0.156. The molecule has 0 aromatic carbocycles. The number of nitrogen functional groups attached to an aromatic ring is 1. The summed E-state index contributed by atoms with van der Waals surface area (Å²) < 4.78 is 7.09. The van der Waals surface area contributed by atoms with Crippen LogP contribution in [0.2, 0.25) is 0 Å². The molecule has 118 valence electrons. The van der Waals surface area contributed by atoms with Crippen molar-refractivity contribution < 1.29 is 9.53 Å². The van der Waals surface area contributed by atoms with Gasteiger partial charge in [0.25, 0.3) is 0 Å². The molecule has 0 atom stereocenters. The fraction of sp³-hybridized carbons (Fsp3) is 0.188. The third kappa shape index (κ3) is 2.80. The Bertz CT molecular complexity index is 901. The van der Waals surface area contributed by atoms with Crippen LogP contribution in [0.1, 0.15) is 12.6 Å². The van der Waals surface area contributed by atoms with E-state index in [2.05, 4.69) is 15.3 Å². The van der Waals surface area contributed by atoms with Crippen molar-refractivity contribution in [2.45, 2.75) is 13.8 Å². The van der Waals surface area contributed by atoms with Gasteiger partial charge in [0, 0.05) is 29.9 Å². The second kappa shape index (κ2) is 5.60. The molecule has 0 fully saturated rings. The minimum Gasteiger partial charge on any atom is -0.493 e. The first-order chi connectivity index (χ1) is 11.0. The average Bonchev–Trinajstić information content (AvgIpc) is 2.87. The zero-order chi connectivity index (χ0) is 16.6. The van der Waals surface area contributed by atoms with Crippen molar-refractivity contribution in [1.29, 1.82) is 0 Å². The van der Waals surface area contributed by atoms with Gasteiger partial charge in [0.15, 0.2) is 17.4 Å². The number of carbonyl (C=O) groups is 1. The molecule has 0 saturated carbocycles. The number of carbonyl (C=O) groups excluding carboxylic acids is 1. The van der Waals surface area contributed by atoms with Crippen molar-refractivity contribution in [1.82, 2.24) is 14.4 Å². The number of hydrogen-bond donors (Lipinski definition) is 2. The molecule has 3 heterocycles. The van der Waals surface area contributed by atoms with Gasteiger partial charge in [0.1, 0.15) is 5.65 Å². The molecule has 0 saturated heterocycles. The molecule has 3 N–H and O–H groups in total. The summed E-state index contributed by atoms with van der Waals surface area (Å²) >= 11 is 0. The Balaban J connectivity index is 2.08. The number of aryl methyl sites for hydroxylation is 1. The monoisotopic (exact) mass is 311 g/mol. The Kier molecular flexibility index (Phi) is 3.61. The van der Waals surface area contributed by atoms with Crippen LogP contribution >= 0.6 is 0 Å². The Hall–Kier alpha value is -3.09. The molecule has 0 radical (unpaired) electrons. The number of aromatic nitrogens is 3. The van der Waals surface area contributed by atoms with E-state index < -0.39 is 0 Å². The zero-order valence-corrected chi connectivity index (χ0v) is 13.1. The van der Waals surface area contributed by atoms with E-state index in [0.717, 1.165) is 22.5 Å². The zero-order valence-electron chi connectivity index (χ0n) is 13.1. The highest BCUT2D eigenvalue weighted by Gasteiger charge is 2.11. The highest BCUT2D eigenvalue weighted by Crippen LogP contribution is 2.30. The van der Waals surface area contributed by atoms with Gasteiger partial charge in [-0.2, -0.15) is 0 Å². The number of rotatable bonds is 3. The van der Waals surface area contributed by atoms with Gasteiger partial charge >= 0.3 is 0 Å². The molecular formula is C16H17N5O2. The van der Waals surface area contributed by atoms with Crippen LogP contribution in [-0.2, 0) is 4.79 Å². The maximum Gasteiger partial charge on any atom is 0.222 e. The number of nitrogens with one attached hydrogen (secondary N) is 1. The Labute approximate surface area is 133 Å². The molecule has 0 spiro atoms. The number of hydrogen-bond acceptors (Lipinski definition) is 5. The standard InChI is InChI=1S/C16H17N5O2/c1-9-12(6-13(23-3)16(17)18-9)11-4-5-15-20-14(19-10(2)22)8-21(15)7-11/h4-8H,1-3H3,(H2,17,18)(H,19,22). The Morgan fingerprint density at radius 2 is 2.09 bits per heavy atom. The summed E-state index contributed by atoms with van der Waals surface area (Å²) in [5.41, 5.74) is 9.25. The number of fused-ring (bicyclic) bond motifs is 1. The van der Waals surface area contributed by atoms with E-state index in [-0.39, 0.29) is 5.91 Å². The highest BCUT2D eigenvalue weighted by molar-refractivity contribution is 5.88. The van der Waals surface area contributed by atoms with E-state index >= 15 is 0 Å². The van der Waals surface area contributed by atoms with Gasteiger partial charge in [-0.3, -0.25) is 4.79 Å². The van der Waals surface area contributed by atoms with Crippen LogP contribution in [0.4, 0.5) is 11.6 Å². The van der Waals surface area contributed by atoms with Gasteiger partial charge < -0.3 is 20.2 Å². The molecule has 23 heavy (non-hydrogen) atoms. The lowest BCUT2D eigenvalue weighted by atomic mass is 10.1. The van der Waals surface area contributed by atoms with E-state index in [4.69, 9.17) is 10.5 Å². The summed E-state index contributed by atoms with van der Waals surface area (Å²) in [5.74, 6) is 1.26. The van der Waals surface area contributed by atoms with Crippen LogP contribution in [0, 0.1) is 6.92 Å². The number of methoxy groups -OCH3 is 1. The molecule has 3 aromatic rings. The lowest BCUT2D eigenvalue weighted by molar-refractivity contribution is -0.114. The minimum atomic E-state index is -0.156. The summed E-state index contributed by atoms with van der Waals surface area (Å²) in [4.78, 5) is 19.8. The highest BCUT2D eigenvalue weighted by atomic mass is 16.5. The third-order valence-electron chi connectivity index (χ3n) is 3.49. The van der Waals surface area contributed by atoms with E-state index in [1.54, 1.807) is 13.3 Å². The normalized spacial score (nSPS) is 10.7. The van der Waals surface area contributed by atoms with E-state index in [1.807, 2.05) is 35.7 Å². The molecule has 0 unspecified atom stereocenters. The predicted octanol–water partition coefficient (Wildman–Crippen LogP) is 2.25. The number of nitrogens with zero attached hydrogens (tertiary/aromatic N) is 3. The summed E-state index contributed by atoms with van der Waals surface area (Å²) in [6.07, 6.45) is 3.69. The molecule has 0 aliphatic carbocycles. The summed E-state index contributed by atoms with van der Waals surface area (Å²) in [6, 6.07) is 5.69. The van der Waals surface area contributed by atoms with Gasteiger partial charge in [0.2, 0.25) is 5.91 Å². The second-order valence-electron chi connectivity index (χ2n) is 5.20. The smallest absolute Gasteiger partial charge is 0.222 e. The van der Waals surface area contributed by atoms with E-state index in [1.165, 1.54) is 6.92 Å². The van der Waals surface area contributed by atoms with Crippen LogP contribution in [-0.4, -0.2) is 27.4 Å². The van der Waals surface area contributed by atoms with Gasteiger partial charge in [-0.05, 0) is 25.1 Å².